The molecule has 18 heavy (non-hydrogen) atoms. The number of hydrogen-bond donors (Lipinski definition) is 1. The van der Waals surface area contributed by atoms with Crippen molar-refractivity contribution in [3.05, 3.63) is 0 Å². The van der Waals surface area contributed by atoms with Crippen LogP contribution in [0.5, 0.6) is 0 Å². The molecule has 1 aliphatic heterocycles. The summed E-state index contributed by atoms with van der Waals surface area (Å²) in [5.74, 6) is 0.763. The lowest BCUT2D eigenvalue weighted by Gasteiger charge is -2.28. The minimum absolute atomic E-state index is 0.475. The summed E-state index contributed by atoms with van der Waals surface area (Å²) in [4.78, 5) is 2.78. The second-order valence-electron chi connectivity index (χ2n) is 7.43. The molecule has 4 atom stereocenters. The lowest BCUT2D eigenvalue weighted by atomic mass is 9.81. The van der Waals surface area contributed by atoms with Gasteiger partial charge in [0.2, 0.25) is 0 Å². The molecule has 1 aliphatic carbocycles. The Morgan fingerprint density at radius 2 is 1.72 bits per heavy atom. The Bertz CT molecular complexity index is 306. The van der Waals surface area contributed by atoms with Crippen LogP contribution < -0.4 is 5.32 Å². The van der Waals surface area contributed by atoms with Gasteiger partial charge in [0.25, 0.3) is 0 Å². The van der Waals surface area contributed by atoms with Gasteiger partial charge in [-0.3, -0.25) is 10.2 Å². The summed E-state index contributed by atoms with van der Waals surface area (Å²) < 4.78 is 0. The fraction of sp³-hybridized carbons (Fsp3) is 1.00. The minimum Gasteiger partial charge on any atom is -0.300 e. The van der Waals surface area contributed by atoms with Crippen molar-refractivity contribution in [2.45, 2.75) is 91.5 Å². The molecule has 0 spiro atoms. The fourth-order valence-electron chi connectivity index (χ4n) is 4.51. The summed E-state index contributed by atoms with van der Waals surface area (Å²) in [5, 5.41) is 3.70. The van der Waals surface area contributed by atoms with Crippen LogP contribution in [0.25, 0.3) is 0 Å². The number of nitrogens with one attached hydrogen (secondary N) is 1. The predicted molar refractivity (Wildman–Crippen MR) is 78.6 cm³/mol. The molecule has 0 bridgehead atoms. The first kappa shape index (κ1) is 14.3. The average molecular weight is 252 g/mol. The van der Waals surface area contributed by atoms with Crippen LogP contribution in [0, 0.1) is 11.3 Å². The molecule has 4 unspecified atom stereocenters. The Morgan fingerprint density at radius 3 is 2.06 bits per heavy atom. The Hall–Kier alpha value is -0.0800. The second kappa shape index (κ2) is 4.49. The zero-order valence-corrected chi connectivity index (χ0v) is 13.4. The van der Waals surface area contributed by atoms with Gasteiger partial charge in [0.15, 0.2) is 0 Å². The van der Waals surface area contributed by atoms with E-state index in [0.717, 1.165) is 12.0 Å². The van der Waals surface area contributed by atoms with Gasteiger partial charge in [-0.2, -0.15) is 0 Å². The van der Waals surface area contributed by atoms with E-state index in [1.54, 1.807) is 0 Å². The van der Waals surface area contributed by atoms with Crippen molar-refractivity contribution < 1.29 is 0 Å². The van der Waals surface area contributed by atoms with Crippen LogP contribution in [-0.4, -0.2) is 28.7 Å². The van der Waals surface area contributed by atoms with Gasteiger partial charge >= 0.3 is 0 Å². The Balaban J connectivity index is 2.18. The molecule has 106 valence electrons. The van der Waals surface area contributed by atoms with Crippen LogP contribution in [0.15, 0.2) is 0 Å². The van der Waals surface area contributed by atoms with E-state index >= 15 is 0 Å². The molecule has 0 amide bonds. The molecule has 0 radical (unpaired) electrons. The number of rotatable bonds is 6. The van der Waals surface area contributed by atoms with E-state index in [1.165, 1.54) is 19.3 Å². The molecule has 2 heteroatoms. The zero-order chi connectivity index (χ0) is 13.7. The Labute approximate surface area is 114 Å². The molecule has 0 aromatic carbocycles. The topological polar surface area (TPSA) is 15.0 Å². The van der Waals surface area contributed by atoms with Gasteiger partial charge in [0, 0.05) is 17.6 Å². The lowest BCUT2D eigenvalue weighted by molar-refractivity contribution is 0.208. The minimum atomic E-state index is 0.475. The van der Waals surface area contributed by atoms with Crippen LogP contribution in [0.2, 0.25) is 0 Å². The highest BCUT2D eigenvalue weighted by atomic mass is 15.5. The molecular weight excluding hydrogens is 220 g/mol. The molecule has 2 rings (SSSR count). The van der Waals surface area contributed by atoms with Gasteiger partial charge in [-0.25, -0.2) is 0 Å². The van der Waals surface area contributed by atoms with Crippen LogP contribution in [0.1, 0.15) is 67.7 Å². The van der Waals surface area contributed by atoms with Gasteiger partial charge < -0.3 is 0 Å². The van der Waals surface area contributed by atoms with E-state index in [2.05, 4.69) is 58.7 Å². The number of hydrogen-bond acceptors (Lipinski definition) is 2. The average Bonchev–Trinajstić information content (AvgIpc) is 3.10. The highest BCUT2D eigenvalue weighted by Gasteiger charge is 2.74. The maximum Gasteiger partial charge on any atom is 0.0579 e. The van der Waals surface area contributed by atoms with E-state index in [0.29, 0.717) is 23.2 Å². The largest absolute Gasteiger partial charge is 0.300 e. The molecule has 2 aliphatic rings. The summed E-state index contributed by atoms with van der Waals surface area (Å²) in [6.07, 6.45) is 4.66. The summed E-state index contributed by atoms with van der Waals surface area (Å²) in [5.41, 5.74) is 1.06. The van der Waals surface area contributed by atoms with E-state index < -0.39 is 0 Å². The second-order valence-corrected chi connectivity index (χ2v) is 7.43. The van der Waals surface area contributed by atoms with Crippen molar-refractivity contribution in [2.75, 3.05) is 0 Å². The molecule has 0 aromatic heterocycles. The summed E-state index contributed by atoms with van der Waals surface area (Å²) in [7, 11) is 0. The predicted octanol–water partition coefficient (Wildman–Crippen LogP) is 3.62. The third kappa shape index (κ3) is 1.92. The first-order chi connectivity index (χ1) is 8.30. The SMILES string of the molecule is CCC1(C2(C)CC2)C(C(C)C)N1C(C)NC(C)C. The summed E-state index contributed by atoms with van der Waals surface area (Å²) in [6.45, 7) is 16.5. The molecule has 1 saturated carbocycles. The van der Waals surface area contributed by atoms with E-state index in [1.807, 2.05) is 0 Å². The first-order valence-electron chi connectivity index (χ1n) is 7.84. The monoisotopic (exact) mass is 252 g/mol. The van der Waals surface area contributed by atoms with Crippen molar-refractivity contribution in [2.24, 2.45) is 11.3 Å². The maximum absolute atomic E-state index is 3.70. The zero-order valence-electron chi connectivity index (χ0n) is 13.4. The van der Waals surface area contributed by atoms with Gasteiger partial charge in [-0.05, 0) is 51.4 Å². The smallest absolute Gasteiger partial charge is 0.0579 e. The van der Waals surface area contributed by atoms with Crippen molar-refractivity contribution in [1.29, 1.82) is 0 Å². The fourth-order valence-corrected chi connectivity index (χ4v) is 4.51. The molecule has 1 N–H and O–H groups in total. The van der Waals surface area contributed by atoms with Crippen molar-refractivity contribution in [3.63, 3.8) is 0 Å². The molecule has 1 saturated heterocycles. The quantitative estimate of drug-likeness (QED) is 0.726. The molecule has 0 aromatic rings. The van der Waals surface area contributed by atoms with Crippen LogP contribution in [-0.2, 0) is 0 Å². The Kier molecular flexibility index (Phi) is 3.57. The Morgan fingerprint density at radius 1 is 1.17 bits per heavy atom. The van der Waals surface area contributed by atoms with Gasteiger partial charge in [-0.15, -0.1) is 0 Å². The molecule has 2 fully saturated rings. The van der Waals surface area contributed by atoms with E-state index in [-0.39, 0.29) is 0 Å². The van der Waals surface area contributed by atoms with Gasteiger partial charge in [0.1, 0.15) is 0 Å². The number of nitrogens with zero attached hydrogens (tertiary/aromatic N) is 1. The third-order valence-corrected chi connectivity index (χ3v) is 5.39. The highest BCUT2D eigenvalue weighted by molar-refractivity contribution is 5.29. The van der Waals surface area contributed by atoms with E-state index in [4.69, 9.17) is 0 Å². The van der Waals surface area contributed by atoms with Crippen LogP contribution >= 0.6 is 0 Å². The van der Waals surface area contributed by atoms with Crippen LogP contribution in [0.4, 0.5) is 0 Å². The first-order valence-corrected chi connectivity index (χ1v) is 7.84. The molecule has 2 nitrogen and oxygen atoms in total. The highest BCUT2D eigenvalue weighted by Crippen LogP contribution is 2.68. The summed E-state index contributed by atoms with van der Waals surface area (Å²) >= 11 is 0. The third-order valence-electron chi connectivity index (χ3n) is 5.39. The van der Waals surface area contributed by atoms with Crippen molar-refractivity contribution >= 4 is 0 Å². The van der Waals surface area contributed by atoms with Gasteiger partial charge in [0.05, 0.1) is 6.17 Å². The maximum atomic E-state index is 3.70. The van der Waals surface area contributed by atoms with Crippen molar-refractivity contribution in [3.8, 4) is 0 Å². The normalized spacial score (nSPS) is 39.2. The van der Waals surface area contributed by atoms with E-state index in [9.17, 15) is 0 Å². The van der Waals surface area contributed by atoms with Crippen molar-refractivity contribution in [1.82, 2.24) is 10.2 Å². The summed E-state index contributed by atoms with van der Waals surface area (Å²) in [6, 6.07) is 1.34. The molecule has 1 heterocycles. The van der Waals surface area contributed by atoms with Crippen LogP contribution in [0.3, 0.4) is 0 Å². The van der Waals surface area contributed by atoms with Gasteiger partial charge in [-0.1, -0.05) is 27.7 Å². The molecular formula is C16H32N2. The standard InChI is InChI=1S/C16H32N2/c1-8-16(15(7)9-10-15)14(11(2)3)18(16)13(6)17-12(4)5/h11-14,17H,8-10H2,1-7H3. The lowest BCUT2D eigenvalue weighted by Crippen LogP contribution is -2.42.